The smallest absolute Gasteiger partial charge is 0.244 e. The van der Waals surface area contributed by atoms with E-state index in [9.17, 15) is 4.79 Å². The molecule has 15 heavy (non-hydrogen) atoms. The van der Waals surface area contributed by atoms with Crippen molar-refractivity contribution in [2.24, 2.45) is 5.10 Å². The highest BCUT2D eigenvalue weighted by Crippen LogP contribution is 1.98. The molecule has 0 spiro atoms. The quantitative estimate of drug-likeness (QED) is 0.588. The van der Waals surface area contributed by atoms with Crippen molar-refractivity contribution in [3.05, 3.63) is 48.0 Å². The number of rotatable bonds is 4. The van der Waals surface area contributed by atoms with Crippen LogP contribution in [-0.4, -0.2) is 12.1 Å². The minimum atomic E-state index is -0.109. The van der Waals surface area contributed by atoms with E-state index in [4.69, 9.17) is 0 Å². The number of benzene rings is 1. The largest absolute Gasteiger partial charge is 0.273 e. The van der Waals surface area contributed by atoms with Gasteiger partial charge in [-0.2, -0.15) is 5.10 Å². The Morgan fingerprint density at radius 3 is 2.80 bits per heavy atom. The van der Waals surface area contributed by atoms with Gasteiger partial charge in [0, 0.05) is 6.21 Å². The van der Waals surface area contributed by atoms with Crippen LogP contribution in [0, 0.1) is 0 Å². The SMILES string of the molecule is C/C=C/C=N/NC(=O)Cc1ccccc1. The van der Waals surface area contributed by atoms with Crippen molar-refractivity contribution < 1.29 is 4.79 Å². The van der Waals surface area contributed by atoms with Crippen LogP contribution in [0.15, 0.2) is 47.6 Å². The van der Waals surface area contributed by atoms with Gasteiger partial charge < -0.3 is 0 Å². The van der Waals surface area contributed by atoms with E-state index < -0.39 is 0 Å². The Labute approximate surface area is 89.5 Å². The molecule has 0 heterocycles. The molecule has 1 aromatic carbocycles. The van der Waals surface area contributed by atoms with E-state index in [1.165, 1.54) is 0 Å². The van der Waals surface area contributed by atoms with Crippen LogP contribution in [-0.2, 0) is 11.2 Å². The Balaban J connectivity index is 2.37. The molecule has 0 aliphatic rings. The van der Waals surface area contributed by atoms with Gasteiger partial charge in [0.05, 0.1) is 6.42 Å². The molecule has 0 aliphatic carbocycles. The lowest BCUT2D eigenvalue weighted by Crippen LogP contribution is -2.19. The molecule has 0 saturated heterocycles. The highest BCUT2D eigenvalue weighted by molar-refractivity contribution is 5.80. The van der Waals surface area contributed by atoms with Gasteiger partial charge in [-0.05, 0) is 18.6 Å². The van der Waals surface area contributed by atoms with Crippen LogP contribution in [0.1, 0.15) is 12.5 Å². The summed E-state index contributed by atoms with van der Waals surface area (Å²) in [5.41, 5.74) is 3.43. The summed E-state index contributed by atoms with van der Waals surface area (Å²) < 4.78 is 0. The molecular weight excluding hydrogens is 188 g/mol. The number of hydrazone groups is 1. The minimum absolute atomic E-state index is 0.109. The fraction of sp³-hybridized carbons (Fsp3) is 0.167. The van der Waals surface area contributed by atoms with Crippen molar-refractivity contribution in [3.8, 4) is 0 Å². The first-order valence-electron chi connectivity index (χ1n) is 4.80. The van der Waals surface area contributed by atoms with Crippen molar-refractivity contribution in [1.82, 2.24) is 5.43 Å². The summed E-state index contributed by atoms with van der Waals surface area (Å²) in [6.45, 7) is 1.89. The molecular formula is C12H14N2O. The summed E-state index contributed by atoms with van der Waals surface area (Å²) in [6.07, 6.45) is 5.49. The molecule has 1 aromatic rings. The molecule has 3 heteroatoms. The number of nitrogens with one attached hydrogen (secondary N) is 1. The molecule has 0 aliphatic heterocycles. The van der Waals surface area contributed by atoms with E-state index in [0.717, 1.165) is 5.56 Å². The summed E-state index contributed by atoms with van der Waals surface area (Å²) in [7, 11) is 0. The van der Waals surface area contributed by atoms with Crippen LogP contribution in [0.3, 0.4) is 0 Å². The summed E-state index contributed by atoms with van der Waals surface area (Å²) in [4.78, 5) is 11.3. The van der Waals surface area contributed by atoms with Gasteiger partial charge in [0.1, 0.15) is 0 Å². The Morgan fingerprint density at radius 2 is 2.13 bits per heavy atom. The summed E-state index contributed by atoms with van der Waals surface area (Å²) in [5.74, 6) is -0.109. The Bertz CT molecular complexity index is 355. The zero-order valence-corrected chi connectivity index (χ0v) is 8.68. The maximum absolute atomic E-state index is 11.3. The maximum atomic E-state index is 11.3. The predicted molar refractivity (Wildman–Crippen MR) is 61.6 cm³/mol. The van der Waals surface area contributed by atoms with Gasteiger partial charge in [-0.1, -0.05) is 36.4 Å². The average molecular weight is 202 g/mol. The van der Waals surface area contributed by atoms with E-state index in [2.05, 4.69) is 10.5 Å². The van der Waals surface area contributed by atoms with Crippen molar-refractivity contribution in [2.45, 2.75) is 13.3 Å². The number of hydrogen-bond donors (Lipinski definition) is 1. The van der Waals surface area contributed by atoms with E-state index in [1.807, 2.05) is 43.3 Å². The highest BCUT2D eigenvalue weighted by atomic mass is 16.2. The second-order valence-electron chi connectivity index (χ2n) is 3.00. The third kappa shape index (κ3) is 4.76. The van der Waals surface area contributed by atoms with Crippen molar-refractivity contribution in [1.29, 1.82) is 0 Å². The molecule has 0 unspecified atom stereocenters. The molecule has 1 rings (SSSR count). The van der Waals surface area contributed by atoms with Gasteiger partial charge >= 0.3 is 0 Å². The Morgan fingerprint density at radius 1 is 1.40 bits per heavy atom. The zero-order chi connectivity index (χ0) is 10.9. The van der Waals surface area contributed by atoms with Crippen molar-refractivity contribution in [2.75, 3.05) is 0 Å². The Kier molecular flexibility index (Phi) is 4.87. The lowest BCUT2D eigenvalue weighted by atomic mass is 10.1. The van der Waals surface area contributed by atoms with Gasteiger partial charge in [-0.3, -0.25) is 4.79 Å². The van der Waals surface area contributed by atoms with Crippen LogP contribution in [0.5, 0.6) is 0 Å². The molecule has 3 nitrogen and oxygen atoms in total. The monoisotopic (exact) mass is 202 g/mol. The summed E-state index contributed by atoms with van der Waals surface area (Å²) in [5, 5.41) is 3.75. The molecule has 0 aromatic heterocycles. The molecule has 1 N–H and O–H groups in total. The molecule has 0 saturated carbocycles. The van der Waals surface area contributed by atoms with Crippen LogP contribution >= 0.6 is 0 Å². The zero-order valence-electron chi connectivity index (χ0n) is 8.68. The van der Waals surface area contributed by atoms with Gasteiger partial charge in [0.2, 0.25) is 5.91 Å². The number of carbonyl (C=O) groups excluding carboxylic acids is 1. The number of allylic oxidation sites excluding steroid dienone is 2. The van der Waals surface area contributed by atoms with Crippen LogP contribution < -0.4 is 5.43 Å². The first-order valence-corrected chi connectivity index (χ1v) is 4.80. The molecule has 0 atom stereocenters. The van der Waals surface area contributed by atoms with Gasteiger partial charge in [-0.25, -0.2) is 5.43 Å². The molecule has 1 amide bonds. The summed E-state index contributed by atoms with van der Waals surface area (Å²) >= 11 is 0. The minimum Gasteiger partial charge on any atom is -0.273 e. The number of carbonyl (C=O) groups is 1. The van der Waals surface area contributed by atoms with Crippen LogP contribution in [0.4, 0.5) is 0 Å². The lowest BCUT2D eigenvalue weighted by Gasteiger charge is -1.98. The first kappa shape index (κ1) is 11.2. The first-order chi connectivity index (χ1) is 7.33. The Hall–Kier alpha value is -1.90. The topological polar surface area (TPSA) is 41.5 Å². The fourth-order valence-corrected chi connectivity index (χ4v) is 1.06. The second-order valence-corrected chi connectivity index (χ2v) is 3.00. The molecule has 0 radical (unpaired) electrons. The average Bonchev–Trinajstić information content (AvgIpc) is 2.26. The maximum Gasteiger partial charge on any atom is 0.244 e. The number of nitrogens with zero attached hydrogens (tertiary/aromatic N) is 1. The fourth-order valence-electron chi connectivity index (χ4n) is 1.06. The van der Waals surface area contributed by atoms with E-state index in [-0.39, 0.29) is 5.91 Å². The van der Waals surface area contributed by atoms with Gasteiger partial charge in [0.25, 0.3) is 0 Å². The molecule has 0 fully saturated rings. The molecule has 78 valence electrons. The van der Waals surface area contributed by atoms with Crippen LogP contribution in [0.2, 0.25) is 0 Å². The standard InChI is InChI=1S/C12H14N2O/c1-2-3-9-13-14-12(15)10-11-7-5-4-6-8-11/h2-9H,10H2,1H3,(H,14,15)/b3-2+,13-9+. The molecule has 0 bridgehead atoms. The highest BCUT2D eigenvalue weighted by Gasteiger charge is 1.99. The lowest BCUT2D eigenvalue weighted by molar-refractivity contribution is -0.120. The third-order valence-electron chi connectivity index (χ3n) is 1.75. The third-order valence-corrected chi connectivity index (χ3v) is 1.75. The number of amides is 1. The normalized spacial score (nSPS) is 11.0. The summed E-state index contributed by atoms with van der Waals surface area (Å²) in [6, 6.07) is 9.56. The number of hydrogen-bond acceptors (Lipinski definition) is 2. The van der Waals surface area contributed by atoms with E-state index in [1.54, 1.807) is 12.3 Å². The van der Waals surface area contributed by atoms with E-state index in [0.29, 0.717) is 6.42 Å². The van der Waals surface area contributed by atoms with Gasteiger partial charge in [-0.15, -0.1) is 0 Å². The van der Waals surface area contributed by atoms with Crippen molar-refractivity contribution >= 4 is 12.1 Å². The van der Waals surface area contributed by atoms with Crippen molar-refractivity contribution in [3.63, 3.8) is 0 Å². The second kappa shape index (κ2) is 6.54. The van der Waals surface area contributed by atoms with Gasteiger partial charge in [0.15, 0.2) is 0 Å². The van der Waals surface area contributed by atoms with E-state index >= 15 is 0 Å². The van der Waals surface area contributed by atoms with Crippen LogP contribution in [0.25, 0.3) is 0 Å². The predicted octanol–water partition coefficient (Wildman–Crippen LogP) is 1.91.